The minimum atomic E-state index is -0.670. The number of carbonyl (C=O) groups excluding carboxylic acids is 2. The van der Waals surface area contributed by atoms with E-state index in [0.717, 1.165) is 64.2 Å². The van der Waals surface area contributed by atoms with Gasteiger partial charge in [-0.15, -0.1) is 0 Å². The van der Waals surface area contributed by atoms with Gasteiger partial charge in [-0.1, -0.05) is 319 Å². The Bertz CT molecular complexity index is 1270. The lowest BCUT2D eigenvalue weighted by Crippen LogP contribution is -2.45. The van der Waals surface area contributed by atoms with Crippen LogP contribution in [0.25, 0.3) is 0 Å². The first-order valence-corrected chi connectivity index (χ1v) is 33.9. The Kier molecular flexibility index (Phi) is 63.5. The second-order valence-electron chi connectivity index (χ2n) is 23.1. The summed E-state index contributed by atoms with van der Waals surface area (Å²) in [5.41, 5.74) is 0. The number of allylic oxidation sites excluding steroid dienone is 7. The Morgan fingerprint density at radius 3 is 1.01 bits per heavy atom. The predicted molar refractivity (Wildman–Crippen MR) is 333 cm³/mol. The van der Waals surface area contributed by atoms with Crippen LogP contribution in [0.1, 0.15) is 361 Å². The fourth-order valence-electron chi connectivity index (χ4n) is 10.5. The predicted octanol–water partition coefficient (Wildman–Crippen LogP) is 21.7. The SMILES string of the molecule is CCCCCC/C=C\C/C=C\CCCCCCCC(=O)OCC/C=C\C/C=C\CCCCCCCCCCCCCCCCC(=O)NC(CO)C(O)CCCCCCCCCCCCCCCCCCCCCCCC. The van der Waals surface area contributed by atoms with Crippen LogP contribution >= 0.6 is 0 Å². The van der Waals surface area contributed by atoms with Crippen molar-refractivity contribution in [1.82, 2.24) is 5.32 Å². The van der Waals surface area contributed by atoms with Crippen LogP contribution in [0.15, 0.2) is 48.6 Å². The highest BCUT2D eigenvalue weighted by atomic mass is 16.5. The summed E-state index contributed by atoms with van der Waals surface area (Å²) in [5, 5.41) is 23.4. The highest BCUT2D eigenvalue weighted by Crippen LogP contribution is 2.18. The molecule has 76 heavy (non-hydrogen) atoms. The van der Waals surface area contributed by atoms with Crippen LogP contribution in [-0.4, -0.2) is 47.4 Å². The number of esters is 1. The van der Waals surface area contributed by atoms with E-state index in [-0.39, 0.29) is 18.5 Å². The van der Waals surface area contributed by atoms with E-state index in [1.807, 2.05) is 0 Å². The zero-order valence-electron chi connectivity index (χ0n) is 51.0. The molecule has 0 heterocycles. The standard InChI is InChI=1S/C70H131NO5/c1-3-5-7-9-11-13-15-17-19-21-22-23-25-28-31-34-38-42-46-50-54-58-62-68(73)67(66-72)71-69(74)63-59-55-51-47-43-39-35-32-29-26-24-27-30-33-37-41-45-49-53-57-61-65-76-70(75)64-60-56-52-48-44-40-36-20-18-16-14-12-10-8-6-4-2/h14,16,20,36,41,45,53,57,67-68,72-73H,3-13,15,17-19,21-35,37-40,42-44,46-52,54-56,58-66H2,1-2H3,(H,71,74)/b16-14-,36-20-,45-41-,57-53-. The van der Waals surface area contributed by atoms with Crippen molar-refractivity contribution in [1.29, 1.82) is 0 Å². The molecule has 0 fully saturated rings. The first-order valence-electron chi connectivity index (χ1n) is 33.9. The van der Waals surface area contributed by atoms with Gasteiger partial charge >= 0.3 is 5.97 Å². The third-order valence-electron chi connectivity index (χ3n) is 15.6. The monoisotopic (exact) mass is 1070 g/mol. The fourth-order valence-corrected chi connectivity index (χ4v) is 10.5. The molecular weight excluding hydrogens is 935 g/mol. The van der Waals surface area contributed by atoms with Crippen LogP contribution in [0, 0.1) is 0 Å². The van der Waals surface area contributed by atoms with E-state index in [1.165, 1.54) is 263 Å². The molecule has 0 saturated carbocycles. The van der Waals surface area contributed by atoms with Crippen molar-refractivity contribution in [2.75, 3.05) is 13.2 Å². The summed E-state index contributed by atoms with van der Waals surface area (Å²) in [6, 6.07) is -0.548. The van der Waals surface area contributed by atoms with Gasteiger partial charge in [0.05, 0.1) is 25.4 Å². The largest absolute Gasteiger partial charge is 0.465 e. The molecule has 0 saturated heterocycles. The van der Waals surface area contributed by atoms with E-state index < -0.39 is 12.1 Å². The molecule has 0 bridgehead atoms. The van der Waals surface area contributed by atoms with Crippen molar-refractivity contribution in [3.8, 4) is 0 Å². The minimum absolute atomic E-state index is 0.0369. The summed E-state index contributed by atoms with van der Waals surface area (Å²) >= 11 is 0. The minimum Gasteiger partial charge on any atom is -0.465 e. The quantitative estimate of drug-likeness (QED) is 0.0320. The summed E-state index contributed by atoms with van der Waals surface area (Å²) in [6.45, 7) is 4.84. The number of aliphatic hydroxyl groups excluding tert-OH is 2. The van der Waals surface area contributed by atoms with Gasteiger partial charge in [-0.3, -0.25) is 9.59 Å². The second kappa shape index (κ2) is 65.3. The number of ether oxygens (including phenoxy) is 1. The van der Waals surface area contributed by atoms with Crippen LogP contribution in [0.3, 0.4) is 0 Å². The molecule has 6 heteroatoms. The number of rotatable bonds is 63. The molecule has 0 aromatic heterocycles. The summed E-state index contributed by atoms with van der Waals surface area (Å²) in [6.07, 6.45) is 84.4. The molecule has 0 aliphatic carbocycles. The van der Waals surface area contributed by atoms with E-state index in [4.69, 9.17) is 4.74 Å². The van der Waals surface area contributed by atoms with Gasteiger partial charge in [-0.2, -0.15) is 0 Å². The van der Waals surface area contributed by atoms with Crippen LogP contribution in [0.4, 0.5) is 0 Å². The zero-order chi connectivity index (χ0) is 55.0. The number of hydrogen-bond acceptors (Lipinski definition) is 5. The van der Waals surface area contributed by atoms with Crippen LogP contribution < -0.4 is 5.32 Å². The maximum atomic E-state index is 12.5. The summed E-state index contributed by atoms with van der Waals surface area (Å²) in [7, 11) is 0. The van der Waals surface area contributed by atoms with Crippen molar-refractivity contribution >= 4 is 11.9 Å². The number of carbonyl (C=O) groups is 2. The van der Waals surface area contributed by atoms with Crippen molar-refractivity contribution < 1.29 is 24.5 Å². The average molecular weight is 1070 g/mol. The molecule has 0 aliphatic heterocycles. The lowest BCUT2D eigenvalue weighted by molar-refractivity contribution is -0.143. The van der Waals surface area contributed by atoms with Gasteiger partial charge in [0.2, 0.25) is 5.91 Å². The Labute approximate surface area is 474 Å². The molecule has 2 atom stereocenters. The second-order valence-corrected chi connectivity index (χ2v) is 23.1. The van der Waals surface area contributed by atoms with E-state index in [1.54, 1.807) is 0 Å². The molecule has 0 rings (SSSR count). The zero-order valence-corrected chi connectivity index (χ0v) is 51.0. The van der Waals surface area contributed by atoms with Gasteiger partial charge in [0.1, 0.15) is 0 Å². The first-order chi connectivity index (χ1) is 37.5. The number of hydrogen-bond donors (Lipinski definition) is 3. The molecular formula is C70H131NO5. The third-order valence-corrected chi connectivity index (χ3v) is 15.6. The molecule has 0 spiro atoms. The highest BCUT2D eigenvalue weighted by molar-refractivity contribution is 5.76. The molecule has 2 unspecified atom stereocenters. The van der Waals surface area contributed by atoms with E-state index in [0.29, 0.717) is 25.9 Å². The number of aliphatic hydroxyl groups is 2. The van der Waals surface area contributed by atoms with Gasteiger partial charge in [-0.05, 0) is 77.0 Å². The molecule has 0 aromatic carbocycles. The van der Waals surface area contributed by atoms with Gasteiger partial charge < -0.3 is 20.3 Å². The van der Waals surface area contributed by atoms with Gasteiger partial charge in [0.15, 0.2) is 0 Å². The average Bonchev–Trinajstić information content (AvgIpc) is 3.42. The number of amides is 1. The van der Waals surface area contributed by atoms with Crippen molar-refractivity contribution in [3.05, 3.63) is 48.6 Å². The Morgan fingerprint density at radius 2 is 0.658 bits per heavy atom. The smallest absolute Gasteiger partial charge is 0.305 e. The lowest BCUT2D eigenvalue weighted by Gasteiger charge is -2.22. The van der Waals surface area contributed by atoms with Crippen LogP contribution in [0.2, 0.25) is 0 Å². The maximum Gasteiger partial charge on any atom is 0.305 e. The first kappa shape index (κ1) is 73.8. The van der Waals surface area contributed by atoms with Crippen LogP contribution in [0.5, 0.6) is 0 Å². The van der Waals surface area contributed by atoms with Gasteiger partial charge in [0, 0.05) is 12.8 Å². The molecule has 6 nitrogen and oxygen atoms in total. The van der Waals surface area contributed by atoms with E-state index in [9.17, 15) is 19.8 Å². The number of nitrogens with one attached hydrogen (secondary N) is 1. The number of unbranched alkanes of at least 4 members (excludes halogenated alkanes) is 44. The molecule has 446 valence electrons. The Balaban J connectivity index is 3.46. The molecule has 1 amide bonds. The van der Waals surface area contributed by atoms with Gasteiger partial charge in [0.25, 0.3) is 0 Å². The summed E-state index contributed by atoms with van der Waals surface area (Å²) < 4.78 is 5.42. The Hall–Kier alpha value is -2.18. The summed E-state index contributed by atoms with van der Waals surface area (Å²) in [5.74, 6) is -0.0852. The Morgan fingerprint density at radius 1 is 0.368 bits per heavy atom. The van der Waals surface area contributed by atoms with E-state index >= 15 is 0 Å². The molecule has 0 aliphatic rings. The molecule has 3 N–H and O–H groups in total. The molecule has 0 radical (unpaired) electrons. The third kappa shape index (κ3) is 61.0. The summed E-state index contributed by atoms with van der Waals surface area (Å²) in [4.78, 5) is 24.6. The van der Waals surface area contributed by atoms with Crippen molar-refractivity contribution in [2.24, 2.45) is 0 Å². The van der Waals surface area contributed by atoms with E-state index in [2.05, 4.69) is 67.8 Å². The van der Waals surface area contributed by atoms with Crippen LogP contribution in [-0.2, 0) is 14.3 Å². The normalized spacial score (nSPS) is 12.8. The van der Waals surface area contributed by atoms with Gasteiger partial charge in [-0.25, -0.2) is 0 Å². The fraction of sp³-hybridized carbons (Fsp3) is 0.857. The topological polar surface area (TPSA) is 95.9 Å². The van der Waals surface area contributed by atoms with Crippen molar-refractivity contribution in [3.63, 3.8) is 0 Å². The highest BCUT2D eigenvalue weighted by Gasteiger charge is 2.20. The maximum absolute atomic E-state index is 12.5. The molecule has 0 aromatic rings. The lowest BCUT2D eigenvalue weighted by atomic mass is 10.0. The van der Waals surface area contributed by atoms with Crippen molar-refractivity contribution in [2.45, 2.75) is 373 Å².